The molecule has 2 aromatic heterocycles. The Labute approximate surface area is 134 Å². The fourth-order valence-electron chi connectivity index (χ4n) is 1.41. The van der Waals surface area contributed by atoms with Crippen LogP contribution in [0.15, 0.2) is 11.2 Å². The number of nitrogens with zero attached hydrogens (tertiary/aromatic N) is 2. The van der Waals surface area contributed by atoms with Gasteiger partial charge in [0, 0.05) is 13.2 Å². The Hall–Kier alpha value is -1.29. The Balaban J connectivity index is 2.32. The molecule has 0 unspecified atom stereocenters. The first-order chi connectivity index (χ1) is 9.63. The zero-order valence-electron chi connectivity index (χ0n) is 10.7. The second-order valence-electron chi connectivity index (χ2n) is 4.04. The van der Waals surface area contributed by atoms with E-state index >= 15 is 0 Å². The number of hydrogen-bond acceptors (Lipinski definition) is 6. The minimum Gasteiger partial charge on any atom is -0.505 e. The van der Waals surface area contributed by atoms with E-state index in [0.717, 1.165) is 0 Å². The van der Waals surface area contributed by atoms with Crippen molar-refractivity contribution in [2.75, 3.05) is 0 Å². The summed E-state index contributed by atoms with van der Waals surface area (Å²) in [5.74, 6) is -1.13. The lowest BCUT2D eigenvalue weighted by Gasteiger charge is -2.03. The molecule has 2 aromatic rings. The molecule has 2 N–H and O–H groups in total. The number of rotatable bonds is 3. The van der Waals surface area contributed by atoms with Crippen LogP contribution in [0.5, 0.6) is 5.75 Å². The SMILES string of the molecule is Cc1nc(S(=O)(=O)NC(=O)c2sc(Cl)c(Cl)c2O)cn1C. The molecule has 21 heavy (non-hydrogen) atoms. The molecule has 0 fully saturated rings. The summed E-state index contributed by atoms with van der Waals surface area (Å²) in [6.07, 6.45) is 1.26. The number of carbonyl (C=O) groups excluding carboxylic acids is 1. The van der Waals surface area contributed by atoms with Crippen LogP contribution in [0.1, 0.15) is 15.5 Å². The fourth-order valence-corrected chi connectivity index (χ4v) is 3.77. The van der Waals surface area contributed by atoms with Crippen LogP contribution in [-0.2, 0) is 17.1 Å². The van der Waals surface area contributed by atoms with Crippen molar-refractivity contribution in [3.63, 3.8) is 0 Å². The van der Waals surface area contributed by atoms with E-state index in [2.05, 4.69) is 4.98 Å². The maximum absolute atomic E-state index is 12.0. The Kier molecular flexibility index (Phi) is 4.20. The molecule has 2 rings (SSSR count). The average Bonchev–Trinajstić information content (AvgIpc) is 2.85. The molecule has 0 radical (unpaired) electrons. The van der Waals surface area contributed by atoms with Gasteiger partial charge in [-0.15, -0.1) is 11.3 Å². The van der Waals surface area contributed by atoms with E-state index < -0.39 is 21.7 Å². The third-order valence-electron chi connectivity index (χ3n) is 2.58. The molecular formula is C10H9Cl2N3O4S2. The van der Waals surface area contributed by atoms with E-state index in [-0.39, 0.29) is 19.3 Å². The van der Waals surface area contributed by atoms with Crippen LogP contribution in [0.2, 0.25) is 9.36 Å². The normalized spacial score (nSPS) is 11.6. The predicted octanol–water partition coefficient (Wildman–Crippen LogP) is 1.92. The lowest BCUT2D eigenvalue weighted by atomic mass is 10.4. The molecule has 11 heteroatoms. The topological polar surface area (TPSA) is 101 Å². The van der Waals surface area contributed by atoms with Crippen LogP contribution in [0, 0.1) is 6.92 Å². The molecular weight excluding hydrogens is 361 g/mol. The summed E-state index contributed by atoms with van der Waals surface area (Å²) in [6.45, 7) is 1.62. The maximum atomic E-state index is 12.0. The number of imidazole rings is 1. The number of halogens is 2. The molecule has 0 aliphatic carbocycles. The number of aryl methyl sites for hydroxylation is 2. The maximum Gasteiger partial charge on any atom is 0.283 e. The van der Waals surface area contributed by atoms with Gasteiger partial charge < -0.3 is 9.67 Å². The summed E-state index contributed by atoms with van der Waals surface area (Å²) in [7, 11) is -2.53. The number of aromatic hydroxyl groups is 1. The number of amides is 1. The Morgan fingerprint density at radius 3 is 2.52 bits per heavy atom. The molecule has 0 aliphatic heterocycles. The van der Waals surface area contributed by atoms with E-state index in [9.17, 15) is 18.3 Å². The third-order valence-corrected chi connectivity index (χ3v) is 5.75. The molecule has 0 aromatic carbocycles. The second-order valence-corrected chi connectivity index (χ2v) is 7.67. The molecule has 0 saturated carbocycles. The second kappa shape index (κ2) is 5.48. The Morgan fingerprint density at radius 2 is 2.10 bits per heavy atom. The van der Waals surface area contributed by atoms with Crippen molar-refractivity contribution in [2.24, 2.45) is 7.05 Å². The summed E-state index contributed by atoms with van der Waals surface area (Å²) in [4.78, 5) is 15.5. The van der Waals surface area contributed by atoms with Crippen molar-refractivity contribution in [2.45, 2.75) is 11.9 Å². The van der Waals surface area contributed by atoms with Gasteiger partial charge in [-0.1, -0.05) is 23.2 Å². The van der Waals surface area contributed by atoms with Gasteiger partial charge in [0.25, 0.3) is 15.9 Å². The highest BCUT2D eigenvalue weighted by Gasteiger charge is 2.27. The van der Waals surface area contributed by atoms with E-state index in [1.54, 1.807) is 18.7 Å². The molecule has 2 heterocycles. The summed E-state index contributed by atoms with van der Waals surface area (Å²) in [5, 5.41) is 9.12. The van der Waals surface area contributed by atoms with Crippen LogP contribution in [0.4, 0.5) is 0 Å². The van der Waals surface area contributed by atoms with Crippen LogP contribution < -0.4 is 4.72 Å². The van der Waals surface area contributed by atoms with E-state index in [4.69, 9.17) is 23.2 Å². The number of hydrogen-bond donors (Lipinski definition) is 2. The highest BCUT2D eigenvalue weighted by molar-refractivity contribution is 7.90. The summed E-state index contributed by atoms with van der Waals surface area (Å²) < 4.78 is 27.4. The Bertz CT molecular complexity index is 806. The molecule has 0 aliphatic rings. The first-order valence-electron chi connectivity index (χ1n) is 5.37. The molecule has 7 nitrogen and oxygen atoms in total. The van der Waals surface area contributed by atoms with E-state index in [1.807, 2.05) is 0 Å². The Morgan fingerprint density at radius 1 is 1.48 bits per heavy atom. The van der Waals surface area contributed by atoms with Gasteiger partial charge in [0.2, 0.25) is 0 Å². The van der Waals surface area contributed by atoms with Crippen LogP contribution >= 0.6 is 34.5 Å². The standard InChI is InChI=1S/C10H9Cl2N3O4S2/c1-4-13-5(3-15(4)2)21(18,19)14-10(17)8-7(16)6(11)9(12)20-8/h3,16H,1-2H3,(H,14,17). The summed E-state index contributed by atoms with van der Waals surface area (Å²) >= 11 is 12.0. The average molecular weight is 370 g/mol. The van der Waals surface area contributed by atoms with E-state index in [1.165, 1.54) is 10.8 Å². The fraction of sp³-hybridized carbons (Fsp3) is 0.200. The zero-order chi connectivity index (χ0) is 15.9. The van der Waals surface area contributed by atoms with Gasteiger partial charge in [-0.2, -0.15) is 8.42 Å². The first kappa shape index (κ1) is 16.1. The lowest BCUT2D eigenvalue weighted by Crippen LogP contribution is -2.30. The van der Waals surface area contributed by atoms with Crippen molar-refractivity contribution in [1.82, 2.24) is 14.3 Å². The monoisotopic (exact) mass is 369 g/mol. The predicted molar refractivity (Wildman–Crippen MR) is 78.6 cm³/mol. The highest BCUT2D eigenvalue weighted by atomic mass is 35.5. The molecule has 0 spiro atoms. The number of sulfonamides is 1. The smallest absolute Gasteiger partial charge is 0.283 e. The van der Waals surface area contributed by atoms with E-state index in [0.29, 0.717) is 17.2 Å². The number of nitrogens with one attached hydrogen (secondary N) is 1. The zero-order valence-corrected chi connectivity index (χ0v) is 13.9. The molecule has 0 atom stereocenters. The highest BCUT2D eigenvalue weighted by Crippen LogP contribution is 2.41. The molecule has 0 saturated heterocycles. The van der Waals surface area contributed by atoms with Gasteiger partial charge in [-0.25, -0.2) is 9.71 Å². The number of thiophene rings is 1. The van der Waals surface area contributed by atoms with Gasteiger partial charge in [0.15, 0.2) is 10.8 Å². The lowest BCUT2D eigenvalue weighted by molar-refractivity contribution is 0.0983. The van der Waals surface area contributed by atoms with Crippen LogP contribution in [-0.4, -0.2) is 29.0 Å². The molecule has 0 bridgehead atoms. The van der Waals surface area contributed by atoms with Crippen molar-refractivity contribution < 1.29 is 18.3 Å². The summed E-state index contributed by atoms with van der Waals surface area (Å²) in [6, 6.07) is 0. The molecule has 1 amide bonds. The minimum atomic E-state index is -4.15. The minimum absolute atomic E-state index is 0.00889. The van der Waals surface area contributed by atoms with Gasteiger partial charge in [0.05, 0.1) is 0 Å². The third kappa shape index (κ3) is 3.00. The quantitative estimate of drug-likeness (QED) is 0.860. The molecule has 114 valence electrons. The number of aromatic nitrogens is 2. The van der Waals surface area contributed by atoms with Crippen LogP contribution in [0.25, 0.3) is 0 Å². The first-order valence-corrected chi connectivity index (χ1v) is 8.43. The van der Waals surface area contributed by atoms with Gasteiger partial charge in [-0.3, -0.25) is 4.79 Å². The van der Waals surface area contributed by atoms with Gasteiger partial charge >= 0.3 is 0 Å². The number of carbonyl (C=O) groups is 1. The van der Waals surface area contributed by atoms with Crippen molar-refractivity contribution in [3.8, 4) is 5.75 Å². The van der Waals surface area contributed by atoms with Crippen molar-refractivity contribution in [3.05, 3.63) is 26.3 Å². The van der Waals surface area contributed by atoms with Crippen molar-refractivity contribution >= 4 is 50.5 Å². The van der Waals surface area contributed by atoms with Crippen molar-refractivity contribution in [1.29, 1.82) is 0 Å². The van der Waals surface area contributed by atoms with Gasteiger partial charge in [-0.05, 0) is 6.92 Å². The van der Waals surface area contributed by atoms with Gasteiger partial charge in [0.1, 0.15) is 20.1 Å². The van der Waals surface area contributed by atoms with Crippen LogP contribution in [0.3, 0.4) is 0 Å². The summed E-state index contributed by atoms with van der Waals surface area (Å²) in [5.41, 5.74) is 0. The largest absolute Gasteiger partial charge is 0.505 e.